The van der Waals surface area contributed by atoms with Gasteiger partial charge in [0, 0.05) is 23.5 Å². The Labute approximate surface area is 139 Å². The fraction of sp³-hybridized carbons (Fsp3) is 0.250. The fourth-order valence-corrected chi connectivity index (χ4v) is 2.23. The van der Waals surface area contributed by atoms with E-state index in [1.54, 1.807) is 10.9 Å². The molecule has 3 aromatic rings. The van der Waals surface area contributed by atoms with E-state index in [0.29, 0.717) is 18.8 Å². The van der Waals surface area contributed by atoms with E-state index in [9.17, 15) is 4.79 Å². The highest BCUT2D eigenvalue weighted by molar-refractivity contribution is 6.02. The zero-order valence-corrected chi connectivity index (χ0v) is 13.6. The van der Waals surface area contributed by atoms with Gasteiger partial charge in [0.05, 0.1) is 18.4 Å². The van der Waals surface area contributed by atoms with Crippen LogP contribution in [0.5, 0.6) is 0 Å². The van der Waals surface area contributed by atoms with Crippen molar-refractivity contribution in [1.82, 2.24) is 25.0 Å². The van der Waals surface area contributed by atoms with Gasteiger partial charge in [0.1, 0.15) is 5.82 Å². The number of benzene rings is 1. The predicted octanol–water partition coefficient (Wildman–Crippen LogP) is 1.50. The molecule has 0 saturated heterocycles. The molecule has 0 radical (unpaired) electrons. The van der Waals surface area contributed by atoms with Crippen LogP contribution in [0.2, 0.25) is 0 Å². The summed E-state index contributed by atoms with van der Waals surface area (Å²) >= 11 is 0. The average molecular weight is 325 g/mol. The van der Waals surface area contributed by atoms with Gasteiger partial charge in [-0.2, -0.15) is 0 Å². The summed E-state index contributed by atoms with van der Waals surface area (Å²) in [7, 11) is 0. The number of nitrogens with zero attached hydrogens (tertiary/aromatic N) is 4. The van der Waals surface area contributed by atoms with Gasteiger partial charge in [0.25, 0.3) is 5.91 Å². The molecule has 8 nitrogen and oxygen atoms in total. The maximum atomic E-state index is 12.2. The first-order valence-corrected chi connectivity index (χ1v) is 7.62. The number of carbonyl (C=O) groups excluding carboxylic acids is 1. The van der Waals surface area contributed by atoms with Gasteiger partial charge in [-0.3, -0.25) is 9.48 Å². The number of H-pyrrole nitrogens is 1. The number of aromatic nitrogens is 5. The van der Waals surface area contributed by atoms with E-state index in [0.717, 1.165) is 22.8 Å². The third kappa shape index (κ3) is 3.33. The topological polar surface area (TPSA) is 115 Å². The van der Waals surface area contributed by atoms with Crippen LogP contribution in [0.4, 0.5) is 5.69 Å². The van der Waals surface area contributed by atoms with Gasteiger partial charge in [-0.25, -0.2) is 4.98 Å². The lowest BCUT2D eigenvalue weighted by molar-refractivity contribution is 0.102. The van der Waals surface area contributed by atoms with E-state index in [1.807, 2.05) is 38.1 Å². The lowest BCUT2D eigenvalue weighted by Crippen LogP contribution is -2.12. The molecular weight excluding hydrogens is 306 g/mol. The summed E-state index contributed by atoms with van der Waals surface area (Å²) in [5.41, 5.74) is 9.35. The van der Waals surface area contributed by atoms with E-state index < -0.39 is 0 Å². The van der Waals surface area contributed by atoms with Gasteiger partial charge in [-0.15, -0.1) is 5.10 Å². The van der Waals surface area contributed by atoms with Crippen LogP contribution in [0.1, 0.15) is 21.9 Å². The molecule has 0 aliphatic heterocycles. The van der Waals surface area contributed by atoms with Gasteiger partial charge in [-0.1, -0.05) is 5.21 Å². The molecule has 0 spiro atoms. The standard InChI is InChI=1S/C16H19N7O/c1-10-11(2)19-15(18-10)12-3-5-13(6-4-12)20-16(24)14-9-23(8-7-17)22-21-14/h3-6,9H,7-8,17H2,1-2H3,(H,18,19)(H,20,24). The second-order valence-corrected chi connectivity index (χ2v) is 5.48. The van der Waals surface area contributed by atoms with E-state index in [4.69, 9.17) is 5.73 Å². The zero-order chi connectivity index (χ0) is 17.1. The van der Waals surface area contributed by atoms with Crippen LogP contribution in [-0.2, 0) is 6.54 Å². The molecule has 0 atom stereocenters. The molecule has 124 valence electrons. The number of rotatable bonds is 5. The van der Waals surface area contributed by atoms with E-state index in [1.165, 1.54) is 0 Å². The van der Waals surface area contributed by atoms with Crippen LogP contribution in [0.3, 0.4) is 0 Å². The third-order valence-corrected chi connectivity index (χ3v) is 3.67. The highest BCUT2D eigenvalue weighted by Gasteiger charge is 2.11. The van der Waals surface area contributed by atoms with Crippen molar-refractivity contribution >= 4 is 11.6 Å². The van der Waals surface area contributed by atoms with Crippen molar-refractivity contribution in [3.63, 3.8) is 0 Å². The van der Waals surface area contributed by atoms with Crippen LogP contribution in [-0.4, -0.2) is 37.4 Å². The molecule has 0 aliphatic carbocycles. The summed E-state index contributed by atoms with van der Waals surface area (Å²) < 4.78 is 1.54. The highest BCUT2D eigenvalue weighted by Crippen LogP contribution is 2.20. The Hall–Kier alpha value is -3.00. The number of aryl methyl sites for hydroxylation is 2. The number of hydrogen-bond donors (Lipinski definition) is 3. The van der Waals surface area contributed by atoms with Crippen molar-refractivity contribution in [1.29, 1.82) is 0 Å². The maximum Gasteiger partial charge on any atom is 0.277 e. The fourth-order valence-electron chi connectivity index (χ4n) is 2.23. The molecule has 8 heteroatoms. The Morgan fingerprint density at radius 3 is 2.67 bits per heavy atom. The Balaban J connectivity index is 1.70. The number of imidazole rings is 1. The van der Waals surface area contributed by atoms with Crippen molar-refractivity contribution in [3.8, 4) is 11.4 Å². The maximum absolute atomic E-state index is 12.2. The van der Waals surface area contributed by atoms with Gasteiger partial charge in [0.15, 0.2) is 5.69 Å². The molecule has 0 fully saturated rings. The summed E-state index contributed by atoms with van der Waals surface area (Å²) in [6, 6.07) is 7.45. The molecule has 1 amide bonds. The van der Waals surface area contributed by atoms with E-state index in [-0.39, 0.29) is 11.6 Å². The van der Waals surface area contributed by atoms with Crippen LogP contribution < -0.4 is 11.1 Å². The number of hydrogen-bond acceptors (Lipinski definition) is 5. The number of amides is 1. The lowest BCUT2D eigenvalue weighted by atomic mass is 10.2. The minimum atomic E-state index is -0.310. The van der Waals surface area contributed by atoms with Gasteiger partial charge >= 0.3 is 0 Å². The zero-order valence-electron chi connectivity index (χ0n) is 13.6. The smallest absolute Gasteiger partial charge is 0.277 e. The summed E-state index contributed by atoms with van der Waals surface area (Å²) in [5, 5.41) is 10.5. The molecule has 1 aromatic carbocycles. The number of anilines is 1. The minimum Gasteiger partial charge on any atom is -0.342 e. The molecule has 2 heterocycles. The van der Waals surface area contributed by atoms with Crippen LogP contribution in [0, 0.1) is 13.8 Å². The highest BCUT2D eigenvalue weighted by atomic mass is 16.2. The number of nitrogens with one attached hydrogen (secondary N) is 2. The summed E-state index contributed by atoms with van der Waals surface area (Å²) in [5.74, 6) is 0.503. The van der Waals surface area contributed by atoms with Crippen molar-refractivity contribution in [3.05, 3.63) is 47.5 Å². The van der Waals surface area contributed by atoms with Crippen LogP contribution in [0.15, 0.2) is 30.5 Å². The SMILES string of the molecule is Cc1nc(-c2ccc(NC(=O)c3cn(CCN)nn3)cc2)[nH]c1C. The van der Waals surface area contributed by atoms with Crippen molar-refractivity contribution in [2.45, 2.75) is 20.4 Å². The molecule has 2 aromatic heterocycles. The second-order valence-electron chi connectivity index (χ2n) is 5.48. The van der Waals surface area contributed by atoms with Crippen molar-refractivity contribution in [2.75, 3.05) is 11.9 Å². The Morgan fingerprint density at radius 2 is 2.04 bits per heavy atom. The minimum absolute atomic E-state index is 0.254. The normalized spacial score (nSPS) is 10.8. The van der Waals surface area contributed by atoms with Crippen LogP contribution in [0.25, 0.3) is 11.4 Å². The molecule has 0 unspecified atom stereocenters. The second kappa shape index (κ2) is 6.63. The molecule has 3 rings (SSSR count). The molecule has 0 aliphatic rings. The lowest BCUT2D eigenvalue weighted by Gasteiger charge is -2.04. The molecular formula is C16H19N7O. The summed E-state index contributed by atoms with van der Waals surface area (Å²) in [6.07, 6.45) is 1.57. The molecule has 4 N–H and O–H groups in total. The summed E-state index contributed by atoms with van der Waals surface area (Å²) in [4.78, 5) is 19.9. The monoisotopic (exact) mass is 325 g/mol. The number of nitrogens with two attached hydrogens (primary N) is 1. The third-order valence-electron chi connectivity index (χ3n) is 3.67. The van der Waals surface area contributed by atoms with Gasteiger partial charge < -0.3 is 16.0 Å². The van der Waals surface area contributed by atoms with Gasteiger partial charge in [0.2, 0.25) is 0 Å². The Morgan fingerprint density at radius 1 is 1.29 bits per heavy atom. The van der Waals surface area contributed by atoms with Gasteiger partial charge in [-0.05, 0) is 38.1 Å². The largest absolute Gasteiger partial charge is 0.342 e. The molecule has 0 bridgehead atoms. The predicted molar refractivity (Wildman–Crippen MR) is 90.5 cm³/mol. The molecule has 0 saturated carbocycles. The first-order valence-electron chi connectivity index (χ1n) is 7.62. The quantitative estimate of drug-likeness (QED) is 0.657. The summed E-state index contributed by atoms with van der Waals surface area (Å²) in [6.45, 7) is 4.91. The number of aromatic amines is 1. The van der Waals surface area contributed by atoms with Crippen LogP contribution >= 0.6 is 0 Å². The number of carbonyl (C=O) groups is 1. The Kier molecular flexibility index (Phi) is 4.39. The first kappa shape index (κ1) is 15.9. The van der Waals surface area contributed by atoms with E-state index >= 15 is 0 Å². The van der Waals surface area contributed by atoms with E-state index in [2.05, 4.69) is 25.6 Å². The first-order chi connectivity index (χ1) is 11.6. The van der Waals surface area contributed by atoms with Crippen molar-refractivity contribution < 1.29 is 4.79 Å². The average Bonchev–Trinajstić information content (AvgIpc) is 3.16. The molecule has 24 heavy (non-hydrogen) atoms. The Bertz CT molecular complexity index is 828. The van der Waals surface area contributed by atoms with Crippen molar-refractivity contribution in [2.24, 2.45) is 5.73 Å².